The second-order valence-electron chi connectivity index (χ2n) is 7.93. The minimum Gasteiger partial charge on any atom is -0.507 e. The molecule has 0 saturated heterocycles. The Bertz CT molecular complexity index is 1190. The smallest absolute Gasteiger partial charge is 0.258 e. The zero-order chi connectivity index (χ0) is 20.5. The first-order chi connectivity index (χ1) is 14.7. The number of carbonyl (C=O) groups excluding carboxylic acids is 1. The van der Waals surface area contributed by atoms with Gasteiger partial charge in [-0.3, -0.25) is 4.79 Å². The summed E-state index contributed by atoms with van der Waals surface area (Å²) < 4.78 is 0. The highest BCUT2D eigenvalue weighted by Crippen LogP contribution is 2.32. The van der Waals surface area contributed by atoms with E-state index in [2.05, 4.69) is 24.3 Å². The standard InChI is InChI=1S/C27H23NO2/c29-25-15-14-20-10-6-7-13-24(20)26(25)27(30)28(18-19-8-2-1-3-9-19)23-16-21-11-4-5-12-22(21)17-23/h1-15,23,29H,16-18H2. The molecule has 0 spiro atoms. The van der Waals surface area contributed by atoms with Crippen molar-refractivity contribution in [3.63, 3.8) is 0 Å². The lowest BCUT2D eigenvalue weighted by molar-refractivity contribution is 0.0667. The van der Waals surface area contributed by atoms with E-state index in [-0.39, 0.29) is 17.7 Å². The predicted octanol–water partition coefficient (Wildman–Crippen LogP) is 5.36. The fourth-order valence-corrected chi connectivity index (χ4v) is 4.53. The van der Waals surface area contributed by atoms with Crippen LogP contribution in [0.2, 0.25) is 0 Å². The maximum absolute atomic E-state index is 13.9. The van der Waals surface area contributed by atoms with Crippen molar-refractivity contribution in [3.05, 3.63) is 113 Å². The normalized spacial score (nSPS) is 13.3. The third-order valence-electron chi connectivity index (χ3n) is 6.05. The average molecular weight is 393 g/mol. The third-order valence-corrected chi connectivity index (χ3v) is 6.05. The van der Waals surface area contributed by atoms with Crippen molar-refractivity contribution in [2.75, 3.05) is 0 Å². The van der Waals surface area contributed by atoms with Crippen molar-refractivity contribution < 1.29 is 9.90 Å². The summed E-state index contributed by atoms with van der Waals surface area (Å²) in [6, 6.07) is 29.8. The van der Waals surface area contributed by atoms with Gasteiger partial charge in [0.2, 0.25) is 0 Å². The van der Waals surface area contributed by atoms with Crippen LogP contribution in [0.1, 0.15) is 27.0 Å². The molecule has 0 atom stereocenters. The Kier molecular flexibility index (Phi) is 4.72. The fraction of sp³-hybridized carbons (Fsp3) is 0.148. The molecule has 0 aromatic heterocycles. The van der Waals surface area contributed by atoms with Gasteiger partial charge in [-0.1, -0.05) is 84.9 Å². The molecule has 4 aromatic rings. The molecule has 30 heavy (non-hydrogen) atoms. The van der Waals surface area contributed by atoms with E-state index in [1.54, 1.807) is 6.07 Å². The number of hydrogen-bond acceptors (Lipinski definition) is 2. The summed E-state index contributed by atoms with van der Waals surface area (Å²) in [5.74, 6) is -0.0850. The maximum atomic E-state index is 13.9. The Morgan fingerprint density at radius 2 is 1.43 bits per heavy atom. The van der Waals surface area contributed by atoms with Crippen molar-refractivity contribution in [3.8, 4) is 5.75 Å². The van der Waals surface area contributed by atoms with Crippen LogP contribution in [-0.4, -0.2) is 22.0 Å². The van der Waals surface area contributed by atoms with E-state index in [0.29, 0.717) is 12.1 Å². The van der Waals surface area contributed by atoms with Crippen LogP contribution in [0.15, 0.2) is 91.0 Å². The first-order valence-electron chi connectivity index (χ1n) is 10.3. The van der Waals surface area contributed by atoms with Gasteiger partial charge in [-0.15, -0.1) is 0 Å². The molecule has 1 aliphatic carbocycles. The lowest BCUT2D eigenvalue weighted by atomic mass is 10.0. The zero-order valence-corrected chi connectivity index (χ0v) is 16.7. The van der Waals surface area contributed by atoms with Crippen LogP contribution in [0.5, 0.6) is 5.75 Å². The predicted molar refractivity (Wildman–Crippen MR) is 120 cm³/mol. The van der Waals surface area contributed by atoms with Crippen molar-refractivity contribution in [1.82, 2.24) is 4.90 Å². The quantitative estimate of drug-likeness (QED) is 0.507. The summed E-state index contributed by atoms with van der Waals surface area (Å²) in [7, 11) is 0. The number of phenolic OH excluding ortho intramolecular Hbond substituents is 1. The van der Waals surface area contributed by atoms with E-state index in [9.17, 15) is 9.90 Å². The van der Waals surface area contributed by atoms with Gasteiger partial charge >= 0.3 is 0 Å². The van der Waals surface area contributed by atoms with E-state index in [1.165, 1.54) is 11.1 Å². The Hall–Kier alpha value is -3.59. The third kappa shape index (κ3) is 3.33. The molecule has 5 rings (SSSR count). The highest BCUT2D eigenvalue weighted by Gasteiger charge is 2.32. The van der Waals surface area contributed by atoms with E-state index in [0.717, 1.165) is 29.2 Å². The lowest BCUT2D eigenvalue weighted by Crippen LogP contribution is -2.40. The summed E-state index contributed by atoms with van der Waals surface area (Å²) in [6.07, 6.45) is 1.67. The molecule has 1 amide bonds. The molecule has 148 valence electrons. The van der Waals surface area contributed by atoms with Crippen molar-refractivity contribution in [2.24, 2.45) is 0 Å². The molecule has 4 aromatic carbocycles. The second-order valence-corrected chi connectivity index (χ2v) is 7.93. The van der Waals surface area contributed by atoms with Crippen LogP contribution in [0.3, 0.4) is 0 Å². The second kappa shape index (κ2) is 7.68. The number of amides is 1. The van der Waals surface area contributed by atoms with Crippen LogP contribution in [-0.2, 0) is 19.4 Å². The number of phenols is 1. The van der Waals surface area contributed by atoms with Crippen molar-refractivity contribution in [1.29, 1.82) is 0 Å². The molecule has 0 radical (unpaired) electrons. The molecular formula is C27H23NO2. The molecule has 0 fully saturated rings. The van der Waals surface area contributed by atoms with Crippen LogP contribution >= 0.6 is 0 Å². The highest BCUT2D eigenvalue weighted by atomic mass is 16.3. The molecule has 0 unspecified atom stereocenters. The van der Waals surface area contributed by atoms with Gasteiger partial charge in [0, 0.05) is 12.6 Å². The Morgan fingerprint density at radius 1 is 0.800 bits per heavy atom. The number of hydrogen-bond donors (Lipinski definition) is 1. The van der Waals surface area contributed by atoms with Gasteiger partial charge in [0.25, 0.3) is 5.91 Å². The number of rotatable bonds is 4. The first kappa shape index (κ1) is 18.4. The molecule has 3 heteroatoms. The summed E-state index contributed by atoms with van der Waals surface area (Å²) in [5.41, 5.74) is 4.08. The van der Waals surface area contributed by atoms with Crippen LogP contribution in [0.25, 0.3) is 10.8 Å². The Balaban J connectivity index is 1.57. The van der Waals surface area contributed by atoms with E-state index in [1.807, 2.05) is 65.6 Å². The van der Waals surface area contributed by atoms with Gasteiger partial charge in [-0.25, -0.2) is 0 Å². The average Bonchev–Trinajstić information content (AvgIpc) is 3.21. The van der Waals surface area contributed by atoms with Crippen molar-refractivity contribution in [2.45, 2.75) is 25.4 Å². The minimum atomic E-state index is -0.119. The summed E-state index contributed by atoms with van der Waals surface area (Å²) in [5, 5.41) is 12.4. The van der Waals surface area contributed by atoms with E-state index < -0.39 is 0 Å². The number of nitrogens with zero attached hydrogens (tertiary/aromatic N) is 1. The lowest BCUT2D eigenvalue weighted by Gasteiger charge is -2.30. The monoisotopic (exact) mass is 393 g/mol. The highest BCUT2D eigenvalue weighted by molar-refractivity contribution is 6.09. The molecule has 0 saturated carbocycles. The molecule has 0 aliphatic heterocycles. The Labute approximate surface area is 176 Å². The summed E-state index contributed by atoms with van der Waals surface area (Å²) in [6.45, 7) is 0.515. The fourth-order valence-electron chi connectivity index (χ4n) is 4.53. The van der Waals surface area contributed by atoms with Crippen molar-refractivity contribution >= 4 is 16.7 Å². The number of carbonyl (C=O) groups is 1. The molecule has 3 nitrogen and oxygen atoms in total. The van der Waals surface area contributed by atoms with Crippen LogP contribution in [0, 0.1) is 0 Å². The van der Waals surface area contributed by atoms with Gasteiger partial charge in [-0.2, -0.15) is 0 Å². The van der Waals surface area contributed by atoms with E-state index in [4.69, 9.17) is 0 Å². The van der Waals surface area contributed by atoms with Gasteiger partial charge in [0.05, 0.1) is 5.56 Å². The Morgan fingerprint density at radius 3 is 2.17 bits per heavy atom. The molecule has 0 bridgehead atoms. The largest absolute Gasteiger partial charge is 0.507 e. The molecular weight excluding hydrogens is 370 g/mol. The number of benzene rings is 4. The zero-order valence-electron chi connectivity index (χ0n) is 16.7. The molecule has 1 N–H and O–H groups in total. The van der Waals surface area contributed by atoms with Crippen LogP contribution < -0.4 is 0 Å². The number of aromatic hydroxyl groups is 1. The van der Waals surface area contributed by atoms with Crippen LogP contribution in [0.4, 0.5) is 0 Å². The first-order valence-corrected chi connectivity index (χ1v) is 10.3. The maximum Gasteiger partial charge on any atom is 0.258 e. The topological polar surface area (TPSA) is 40.5 Å². The molecule has 0 heterocycles. The summed E-state index contributed by atoms with van der Waals surface area (Å²) in [4.78, 5) is 15.8. The van der Waals surface area contributed by atoms with E-state index >= 15 is 0 Å². The van der Waals surface area contributed by atoms with Gasteiger partial charge in [0.1, 0.15) is 5.75 Å². The summed E-state index contributed by atoms with van der Waals surface area (Å²) >= 11 is 0. The number of fused-ring (bicyclic) bond motifs is 2. The van der Waals surface area contributed by atoms with Gasteiger partial charge in [-0.05, 0) is 46.4 Å². The SMILES string of the molecule is O=C(c1c(O)ccc2ccccc12)N(Cc1ccccc1)C1Cc2ccccc2C1. The van der Waals surface area contributed by atoms with Gasteiger partial charge < -0.3 is 10.0 Å². The minimum absolute atomic E-state index is 0.0345. The van der Waals surface area contributed by atoms with Gasteiger partial charge in [0.15, 0.2) is 0 Å². The molecule has 1 aliphatic rings.